The minimum absolute atomic E-state index is 0.0641. The fourth-order valence-electron chi connectivity index (χ4n) is 3.55. The van der Waals surface area contributed by atoms with Crippen molar-refractivity contribution in [1.29, 1.82) is 0 Å². The van der Waals surface area contributed by atoms with Gasteiger partial charge in [0.25, 0.3) is 0 Å². The van der Waals surface area contributed by atoms with E-state index in [1.165, 1.54) is 0 Å². The molecule has 1 saturated heterocycles. The first-order valence-corrected chi connectivity index (χ1v) is 8.23. The summed E-state index contributed by atoms with van der Waals surface area (Å²) in [5.74, 6) is -1.35. The van der Waals surface area contributed by atoms with Crippen LogP contribution in [0, 0.1) is 11.8 Å². The van der Waals surface area contributed by atoms with Gasteiger partial charge in [0.05, 0.1) is 12.5 Å². The molecule has 2 heterocycles. The highest BCUT2D eigenvalue weighted by atomic mass is 19.4. The second-order valence-corrected chi connectivity index (χ2v) is 6.53. The van der Waals surface area contributed by atoms with Crippen LogP contribution in [0.25, 0.3) is 0 Å². The van der Waals surface area contributed by atoms with Crippen LogP contribution in [0.5, 0.6) is 0 Å². The molecule has 0 bridgehead atoms. The Morgan fingerprint density at radius 1 is 1.21 bits per heavy atom. The van der Waals surface area contributed by atoms with Crippen molar-refractivity contribution in [2.24, 2.45) is 11.8 Å². The maximum Gasteiger partial charge on any atom is 0.391 e. The Balaban J connectivity index is 1.49. The zero-order valence-corrected chi connectivity index (χ0v) is 13.3. The van der Waals surface area contributed by atoms with Gasteiger partial charge in [0.2, 0.25) is 5.91 Å². The number of alkyl halides is 3. The Morgan fingerprint density at radius 3 is 2.58 bits per heavy atom. The summed E-state index contributed by atoms with van der Waals surface area (Å²) < 4.78 is 38.7. The Bertz CT molecular complexity index is 541. The number of amides is 1. The van der Waals surface area contributed by atoms with E-state index in [0.29, 0.717) is 51.4 Å². The number of halogens is 3. The number of nitrogens with zero attached hydrogens (tertiary/aromatic N) is 5. The average molecular weight is 346 g/mol. The first-order valence-electron chi connectivity index (χ1n) is 8.23. The van der Waals surface area contributed by atoms with E-state index in [1.807, 2.05) is 0 Å². The van der Waals surface area contributed by atoms with E-state index >= 15 is 0 Å². The molecule has 7 nitrogen and oxygen atoms in total. The lowest BCUT2D eigenvalue weighted by molar-refractivity contribution is -0.187. The van der Waals surface area contributed by atoms with Crippen LogP contribution in [0.15, 0.2) is 0 Å². The summed E-state index contributed by atoms with van der Waals surface area (Å²) in [4.78, 5) is 16.4. The standard InChI is InChI=1S/C14H21F3N6O/c15-14(16,17)11-3-1-2-10(8-11)13(24)23-6-4-22(5-7-23)9-12-18-20-21-19-12/h10-11H,1-9H2,(H,18,19,20,21). The van der Waals surface area contributed by atoms with Crippen molar-refractivity contribution < 1.29 is 18.0 Å². The lowest BCUT2D eigenvalue weighted by Gasteiger charge is -2.38. The first-order chi connectivity index (χ1) is 11.4. The van der Waals surface area contributed by atoms with E-state index in [2.05, 4.69) is 25.5 Å². The fourth-order valence-corrected chi connectivity index (χ4v) is 3.55. The van der Waals surface area contributed by atoms with Crippen molar-refractivity contribution in [1.82, 2.24) is 30.4 Å². The molecule has 2 aliphatic rings. The molecule has 1 amide bonds. The third-order valence-electron chi connectivity index (χ3n) is 4.92. The lowest BCUT2D eigenvalue weighted by atomic mass is 9.80. The highest BCUT2D eigenvalue weighted by Crippen LogP contribution is 2.40. The summed E-state index contributed by atoms with van der Waals surface area (Å²) in [7, 11) is 0. The van der Waals surface area contributed by atoms with Crippen molar-refractivity contribution in [3.05, 3.63) is 5.82 Å². The number of carbonyl (C=O) groups excluding carboxylic acids is 1. The number of H-pyrrole nitrogens is 1. The molecule has 10 heteroatoms. The Kier molecular flexibility index (Phi) is 5.02. The van der Waals surface area contributed by atoms with Gasteiger partial charge in [-0.05, 0) is 19.3 Å². The van der Waals surface area contributed by atoms with Gasteiger partial charge >= 0.3 is 6.18 Å². The third kappa shape index (κ3) is 4.03. The Hall–Kier alpha value is -1.71. The minimum atomic E-state index is -4.19. The molecule has 0 spiro atoms. The van der Waals surface area contributed by atoms with Crippen LogP contribution in [0.4, 0.5) is 13.2 Å². The van der Waals surface area contributed by atoms with Gasteiger partial charge in [0, 0.05) is 32.1 Å². The molecule has 2 unspecified atom stereocenters. The maximum atomic E-state index is 12.9. The van der Waals surface area contributed by atoms with Gasteiger partial charge in [-0.15, -0.1) is 10.2 Å². The molecular formula is C14H21F3N6O. The highest BCUT2D eigenvalue weighted by molar-refractivity contribution is 5.79. The Morgan fingerprint density at radius 2 is 1.96 bits per heavy atom. The zero-order chi connectivity index (χ0) is 17.2. The van der Waals surface area contributed by atoms with Crippen LogP contribution in [-0.4, -0.2) is 68.7 Å². The summed E-state index contributed by atoms with van der Waals surface area (Å²) in [6, 6.07) is 0. The van der Waals surface area contributed by atoms with E-state index in [1.54, 1.807) is 4.90 Å². The number of hydrogen-bond donors (Lipinski definition) is 1. The molecule has 0 radical (unpaired) electrons. The van der Waals surface area contributed by atoms with Crippen molar-refractivity contribution in [2.75, 3.05) is 26.2 Å². The summed E-state index contributed by atoms with van der Waals surface area (Å²) >= 11 is 0. The van der Waals surface area contributed by atoms with E-state index in [9.17, 15) is 18.0 Å². The van der Waals surface area contributed by atoms with Gasteiger partial charge in [0.15, 0.2) is 5.82 Å². The second kappa shape index (κ2) is 7.04. The predicted molar refractivity (Wildman–Crippen MR) is 77.5 cm³/mol. The molecule has 2 fully saturated rings. The number of carbonyl (C=O) groups is 1. The summed E-state index contributed by atoms with van der Waals surface area (Å²) in [5, 5.41) is 13.7. The quantitative estimate of drug-likeness (QED) is 0.890. The van der Waals surface area contributed by atoms with Crippen LogP contribution < -0.4 is 0 Å². The van der Waals surface area contributed by atoms with E-state index < -0.39 is 18.0 Å². The monoisotopic (exact) mass is 346 g/mol. The molecular weight excluding hydrogens is 325 g/mol. The number of aromatic nitrogens is 4. The number of tetrazole rings is 1. The second-order valence-electron chi connectivity index (χ2n) is 6.53. The molecule has 24 heavy (non-hydrogen) atoms. The molecule has 1 N–H and O–H groups in total. The van der Waals surface area contributed by atoms with E-state index in [0.717, 1.165) is 0 Å². The van der Waals surface area contributed by atoms with E-state index in [-0.39, 0.29) is 18.7 Å². The molecule has 1 aromatic heterocycles. The fraction of sp³-hybridized carbons (Fsp3) is 0.857. The van der Waals surface area contributed by atoms with Crippen LogP contribution in [0.1, 0.15) is 31.5 Å². The predicted octanol–water partition coefficient (Wildman–Crippen LogP) is 1.21. The zero-order valence-electron chi connectivity index (χ0n) is 13.3. The molecule has 1 aliphatic carbocycles. The van der Waals surface area contributed by atoms with Crippen molar-refractivity contribution in [3.63, 3.8) is 0 Å². The van der Waals surface area contributed by atoms with E-state index in [4.69, 9.17) is 0 Å². The summed E-state index contributed by atoms with van der Waals surface area (Å²) in [5.41, 5.74) is 0. The normalized spacial score (nSPS) is 26.5. The molecule has 134 valence electrons. The van der Waals surface area contributed by atoms with Gasteiger partial charge in [-0.1, -0.05) is 11.6 Å². The molecule has 1 saturated carbocycles. The average Bonchev–Trinajstić information content (AvgIpc) is 3.07. The largest absolute Gasteiger partial charge is 0.391 e. The molecule has 1 aromatic rings. The minimum Gasteiger partial charge on any atom is -0.340 e. The SMILES string of the molecule is O=C(C1CCCC(C(F)(F)F)C1)N1CCN(Cc2nn[nH]n2)CC1. The highest BCUT2D eigenvalue weighted by Gasteiger charge is 2.44. The molecule has 3 rings (SSSR count). The van der Waals surface area contributed by atoms with Crippen LogP contribution in [0.3, 0.4) is 0 Å². The number of nitrogens with one attached hydrogen (secondary N) is 1. The third-order valence-corrected chi connectivity index (χ3v) is 4.92. The summed E-state index contributed by atoms with van der Waals surface area (Å²) in [6.45, 7) is 2.94. The summed E-state index contributed by atoms with van der Waals surface area (Å²) in [6.07, 6.45) is -3.08. The van der Waals surface area contributed by atoms with Gasteiger partial charge in [0.1, 0.15) is 0 Å². The van der Waals surface area contributed by atoms with Gasteiger partial charge in [-0.25, -0.2) is 0 Å². The lowest BCUT2D eigenvalue weighted by Crippen LogP contribution is -2.50. The Labute approximate surface area is 137 Å². The van der Waals surface area contributed by atoms with Crippen LogP contribution >= 0.6 is 0 Å². The number of aromatic amines is 1. The molecule has 1 aliphatic heterocycles. The maximum absolute atomic E-state index is 12.9. The van der Waals surface area contributed by atoms with Gasteiger partial charge < -0.3 is 4.90 Å². The smallest absolute Gasteiger partial charge is 0.340 e. The number of piperazine rings is 1. The molecule has 2 atom stereocenters. The van der Waals surface area contributed by atoms with Crippen LogP contribution in [0.2, 0.25) is 0 Å². The number of rotatable bonds is 3. The number of hydrogen-bond acceptors (Lipinski definition) is 5. The van der Waals surface area contributed by atoms with Crippen LogP contribution in [-0.2, 0) is 11.3 Å². The molecule has 0 aromatic carbocycles. The van der Waals surface area contributed by atoms with Crippen molar-refractivity contribution >= 4 is 5.91 Å². The van der Waals surface area contributed by atoms with Crippen molar-refractivity contribution in [3.8, 4) is 0 Å². The first kappa shape index (κ1) is 17.1. The topological polar surface area (TPSA) is 78.0 Å². The van der Waals surface area contributed by atoms with Crippen molar-refractivity contribution in [2.45, 2.75) is 38.4 Å². The van der Waals surface area contributed by atoms with Gasteiger partial charge in [-0.2, -0.15) is 18.4 Å². The van der Waals surface area contributed by atoms with Gasteiger partial charge in [-0.3, -0.25) is 9.69 Å².